The Labute approximate surface area is 146 Å². The molecule has 1 atom stereocenters. The number of Topliss-reactive ketones (excluding diaryl/α,β-unsaturated/α-hetero) is 1. The first-order valence-corrected chi connectivity index (χ1v) is 8.65. The van der Waals surface area contributed by atoms with Crippen molar-refractivity contribution in [3.05, 3.63) is 69.5 Å². The van der Waals surface area contributed by atoms with Crippen LogP contribution in [0.5, 0.6) is 0 Å². The number of ketones is 1. The highest BCUT2D eigenvalue weighted by Gasteiger charge is 2.21. The van der Waals surface area contributed by atoms with Gasteiger partial charge < -0.3 is 4.74 Å². The van der Waals surface area contributed by atoms with Crippen LogP contribution in [-0.2, 0) is 4.74 Å². The number of esters is 1. The minimum atomic E-state index is -0.825. The second-order valence-corrected chi connectivity index (χ2v) is 7.07. The van der Waals surface area contributed by atoms with E-state index in [4.69, 9.17) is 4.74 Å². The zero-order valence-corrected chi connectivity index (χ0v) is 14.7. The first kappa shape index (κ1) is 15.9. The molecular formula is C18H13BrO3S. The van der Waals surface area contributed by atoms with Crippen LogP contribution >= 0.6 is 27.3 Å². The van der Waals surface area contributed by atoms with Crippen molar-refractivity contribution < 1.29 is 14.3 Å². The van der Waals surface area contributed by atoms with E-state index in [1.807, 2.05) is 24.3 Å². The highest BCUT2D eigenvalue weighted by Crippen LogP contribution is 2.26. The van der Waals surface area contributed by atoms with Crippen LogP contribution < -0.4 is 0 Å². The third-order valence-electron chi connectivity index (χ3n) is 3.41. The van der Waals surface area contributed by atoms with Crippen LogP contribution in [0.1, 0.15) is 27.0 Å². The number of ether oxygens (including phenoxy) is 1. The van der Waals surface area contributed by atoms with Crippen LogP contribution in [-0.4, -0.2) is 17.9 Å². The molecule has 0 radical (unpaired) electrons. The van der Waals surface area contributed by atoms with E-state index in [1.165, 1.54) is 11.3 Å². The molecule has 0 spiro atoms. The van der Waals surface area contributed by atoms with E-state index >= 15 is 0 Å². The highest BCUT2D eigenvalue weighted by atomic mass is 79.9. The monoisotopic (exact) mass is 388 g/mol. The molecule has 0 aliphatic rings. The summed E-state index contributed by atoms with van der Waals surface area (Å²) < 4.78 is 7.23. The van der Waals surface area contributed by atoms with Gasteiger partial charge in [-0.15, -0.1) is 11.3 Å². The Morgan fingerprint density at radius 2 is 1.78 bits per heavy atom. The molecule has 1 aromatic heterocycles. The molecule has 0 N–H and O–H groups in total. The minimum Gasteiger partial charge on any atom is -0.450 e. The molecule has 0 aliphatic carbocycles. The van der Waals surface area contributed by atoms with E-state index in [0.29, 0.717) is 10.4 Å². The van der Waals surface area contributed by atoms with Crippen molar-refractivity contribution in [1.82, 2.24) is 0 Å². The Morgan fingerprint density at radius 1 is 1.09 bits per heavy atom. The van der Waals surface area contributed by atoms with Gasteiger partial charge in [0.2, 0.25) is 5.78 Å². The second kappa shape index (κ2) is 6.64. The van der Waals surface area contributed by atoms with Crippen LogP contribution in [0.2, 0.25) is 0 Å². The van der Waals surface area contributed by atoms with Gasteiger partial charge in [0, 0.05) is 14.7 Å². The molecule has 0 bridgehead atoms. The molecule has 0 amide bonds. The average Bonchev–Trinajstić information content (AvgIpc) is 2.99. The molecule has 0 fully saturated rings. The summed E-state index contributed by atoms with van der Waals surface area (Å²) in [6.07, 6.45) is -0.825. The van der Waals surface area contributed by atoms with Crippen molar-refractivity contribution in [2.45, 2.75) is 13.0 Å². The maximum absolute atomic E-state index is 12.3. The molecule has 0 aliphatic heterocycles. The summed E-state index contributed by atoms with van der Waals surface area (Å²) in [5.41, 5.74) is 0.518. The number of thiophene rings is 1. The lowest BCUT2D eigenvalue weighted by Crippen LogP contribution is -2.24. The molecule has 23 heavy (non-hydrogen) atoms. The molecule has 1 heterocycles. The summed E-state index contributed by atoms with van der Waals surface area (Å²) in [7, 11) is 0. The molecule has 0 saturated carbocycles. The smallest absolute Gasteiger partial charge is 0.349 e. The van der Waals surface area contributed by atoms with Crippen LogP contribution in [0.3, 0.4) is 0 Å². The first-order chi connectivity index (χ1) is 11.0. The Morgan fingerprint density at radius 3 is 2.48 bits per heavy atom. The van der Waals surface area contributed by atoms with Crippen molar-refractivity contribution in [2.24, 2.45) is 0 Å². The van der Waals surface area contributed by atoms with Crippen LogP contribution in [0.15, 0.2) is 59.1 Å². The number of carbonyl (C=O) groups is 2. The number of hydrogen-bond donors (Lipinski definition) is 0. The maximum atomic E-state index is 12.3. The van der Waals surface area contributed by atoms with Gasteiger partial charge in [0.15, 0.2) is 6.10 Å². The zero-order valence-electron chi connectivity index (χ0n) is 12.3. The van der Waals surface area contributed by atoms with Crippen LogP contribution in [0.4, 0.5) is 0 Å². The van der Waals surface area contributed by atoms with Crippen LogP contribution in [0, 0.1) is 0 Å². The number of benzene rings is 2. The molecule has 3 aromatic rings. The van der Waals surface area contributed by atoms with Crippen molar-refractivity contribution in [3.63, 3.8) is 0 Å². The normalized spacial score (nSPS) is 12.1. The Kier molecular flexibility index (Phi) is 4.59. The summed E-state index contributed by atoms with van der Waals surface area (Å²) in [4.78, 5) is 25.1. The Bertz CT molecular complexity index is 834. The molecule has 2 aromatic carbocycles. The molecule has 5 heteroatoms. The summed E-state index contributed by atoms with van der Waals surface area (Å²) >= 11 is 4.69. The largest absolute Gasteiger partial charge is 0.450 e. The predicted octanol–water partition coefficient (Wildman–Crippen LogP) is 5.09. The minimum absolute atomic E-state index is 0.216. The van der Waals surface area contributed by atoms with Gasteiger partial charge in [-0.1, -0.05) is 46.3 Å². The number of rotatable bonds is 4. The Balaban J connectivity index is 1.73. The van der Waals surface area contributed by atoms with E-state index in [-0.39, 0.29) is 5.78 Å². The summed E-state index contributed by atoms with van der Waals surface area (Å²) in [5.74, 6) is -0.684. The lowest BCUT2D eigenvalue weighted by atomic mass is 10.1. The summed E-state index contributed by atoms with van der Waals surface area (Å²) in [6.45, 7) is 1.59. The van der Waals surface area contributed by atoms with Gasteiger partial charge >= 0.3 is 5.97 Å². The van der Waals surface area contributed by atoms with E-state index in [2.05, 4.69) is 15.9 Å². The fourth-order valence-corrected chi connectivity index (χ4v) is 3.41. The van der Waals surface area contributed by atoms with Crippen molar-refractivity contribution in [2.75, 3.05) is 0 Å². The van der Waals surface area contributed by atoms with Gasteiger partial charge in [0.05, 0.1) is 0 Å². The molecule has 0 saturated heterocycles. The predicted molar refractivity (Wildman–Crippen MR) is 95.2 cm³/mol. The number of hydrogen-bond acceptors (Lipinski definition) is 4. The fraction of sp³-hybridized carbons (Fsp3) is 0.111. The molecule has 3 nitrogen and oxygen atoms in total. The maximum Gasteiger partial charge on any atom is 0.349 e. The van der Waals surface area contributed by atoms with E-state index in [0.717, 1.165) is 14.6 Å². The summed E-state index contributed by atoms with van der Waals surface area (Å²) in [6, 6.07) is 16.5. The van der Waals surface area contributed by atoms with Gasteiger partial charge in [-0.2, -0.15) is 0 Å². The van der Waals surface area contributed by atoms with Crippen molar-refractivity contribution >= 4 is 49.1 Å². The standard InChI is InChI=1S/C18H13BrO3S/c1-11(17(20)12-6-8-14(19)9-7-12)22-18(21)16-10-13-4-2-3-5-15(13)23-16/h2-11H,1H3/t11-/m1/s1. The molecule has 0 unspecified atom stereocenters. The average molecular weight is 389 g/mol. The number of fused-ring (bicyclic) bond motifs is 1. The van der Waals surface area contributed by atoms with Gasteiger partial charge in [-0.3, -0.25) is 4.79 Å². The topological polar surface area (TPSA) is 43.4 Å². The van der Waals surface area contributed by atoms with Crippen LogP contribution in [0.25, 0.3) is 10.1 Å². The van der Waals surface area contributed by atoms with Gasteiger partial charge in [-0.05, 0) is 36.6 Å². The lowest BCUT2D eigenvalue weighted by Gasteiger charge is -2.11. The van der Waals surface area contributed by atoms with E-state index in [1.54, 1.807) is 37.3 Å². The van der Waals surface area contributed by atoms with Gasteiger partial charge in [-0.25, -0.2) is 4.79 Å². The van der Waals surface area contributed by atoms with Crippen molar-refractivity contribution in [3.8, 4) is 0 Å². The summed E-state index contributed by atoms with van der Waals surface area (Å²) in [5, 5.41) is 0.997. The quantitative estimate of drug-likeness (QED) is 0.461. The molecule has 3 rings (SSSR count). The number of halogens is 1. The third-order valence-corrected chi connectivity index (χ3v) is 5.03. The first-order valence-electron chi connectivity index (χ1n) is 7.04. The SMILES string of the molecule is C[C@@H](OC(=O)c1cc2ccccc2s1)C(=O)c1ccc(Br)cc1. The molecule has 116 valence electrons. The highest BCUT2D eigenvalue weighted by molar-refractivity contribution is 9.10. The number of carbonyl (C=O) groups excluding carboxylic acids is 2. The Hall–Kier alpha value is -1.98. The fourth-order valence-electron chi connectivity index (χ4n) is 2.20. The lowest BCUT2D eigenvalue weighted by molar-refractivity contribution is 0.0323. The van der Waals surface area contributed by atoms with E-state index in [9.17, 15) is 9.59 Å². The zero-order chi connectivity index (χ0) is 16.4. The van der Waals surface area contributed by atoms with Crippen molar-refractivity contribution in [1.29, 1.82) is 0 Å². The van der Waals surface area contributed by atoms with E-state index < -0.39 is 12.1 Å². The molecular weight excluding hydrogens is 376 g/mol. The van der Waals surface area contributed by atoms with Gasteiger partial charge in [0.1, 0.15) is 4.88 Å². The third kappa shape index (κ3) is 3.51. The second-order valence-electron chi connectivity index (χ2n) is 5.07. The van der Waals surface area contributed by atoms with Gasteiger partial charge in [0.25, 0.3) is 0 Å².